The van der Waals surface area contributed by atoms with E-state index in [4.69, 9.17) is 34.8 Å². The van der Waals surface area contributed by atoms with Crippen LogP contribution in [0, 0.1) is 0 Å². The lowest BCUT2D eigenvalue weighted by Gasteiger charge is -2.33. The number of rotatable bonds is 3. The van der Waals surface area contributed by atoms with Crippen molar-refractivity contribution in [3.63, 3.8) is 0 Å². The number of nitrogens with zero attached hydrogens (tertiary/aromatic N) is 2. The first kappa shape index (κ1) is 19.2. The predicted molar refractivity (Wildman–Crippen MR) is 110 cm³/mol. The Hall–Kier alpha value is -1.53. The summed E-state index contributed by atoms with van der Waals surface area (Å²) in [6.45, 7) is 0. The van der Waals surface area contributed by atoms with Gasteiger partial charge in [-0.2, -0.15) is 0 Å². The van der Waals surface area contributed by atoms with Gasteiger partial charge < -0.3 is 4.90 Å². The van der Waals surface area contributed by atoms with Crippen molar-refractivity contribution in [1.29, 1.82) is 0 Å². The summed E-state index contributed by atoms with van der Waals surface area (Å²) in [5.74, 6) is 0. The first-order chi connectivity index (χ1) is 12.2. The average Bonchev–Trinajstić information content (AvgIpc) is 2.55. The van der Waals surface area contributed by atoms with Crippen LogP contribution in [0.2, 0.25) is 15.1 Å². The highest BCUT2D eigenvalue weighted by Crippen LogP contribution is 2.37. The molecular formula is C18H15Cl3N2O2S. The van der Waals surface area contributed by atoms with Gasteiger partial charge in [0.1, 0.15) is 0 Å². The number of hydrogen-bond donors (Lipinski definition) is 0. The maximum atomic E-state index is 12.2. The normalized spacial score (nSPS) is 17.7. The van der Waals surface area contributed by atoms with Crippen LogP contribution in [0.3, 0.4) is 0 Å². The predicted octanol–water partition coefficient (Wildman–Crippen LogP) is 4.86. The molecule has 3 rings (SSSR count). The van der Waals surface area contributed by atoms with Crippen LogP contribution in [0.25, 0.3) is 11.3 Å². The van der Waals surface area contributed by atoms with E-state index in [1.165, 1.54) is 0 Å². The molecule has 0 saturated heterocycles. The molecule has 2 aromatic carbocycles. The first-order valence-electron chi connectivity index (χ1n) is 7.59. The van der Waals surface area contributed by atoms with Gasteiger partial charge in [0, 0.05) is 40.7 Å². The van der Waals surface area contributed by atoms with Gasteiger partial charge in [-0.05, 0) is 35.9 Å². The van der Waals surface area contributed by atoms with E-state index in [9.17, 15) is 8.42 Å². The van der Waals surface area contributed by atoms with Gasteiger partial charge in [0.15, 0.2) is 9.84 Å². The second kappa shape index (κ2) is 7.24. The molecule has 0 spiro atoms. The Morgan fingerprint density at radius 3 is 2.19 bits per heavy atom. The van der Waals surface area contributed by atoms with Crippen molar-refractivity contribution in [3.05, 3.63) is 68.7 Å². The summed E-state index contributed by atoms with van der Waals surface area (Å²) in [5.41, 5.74) is 1.88. The van der Waals surface area contributed by atoms with E-state index in [2.05, 4.69) is 4.99 Å². The number of hydrogen-bond acceptors (Lipinski definition) is 4. The maximum Gasteiger partial charge on any atom is 0.223 e. The van der Waals surface area contributed by atoms with Crippen molar-refractivity contribution < 1.29 is 8.42 Å². The SMILES string of the molecule is CN1C(c2ccc(Cl)cc2Cl)=C(c2ccc(Cl)cc2)C=NC1S(C)(=O)=O. The zero-order valence-corrected chi connectivity index (χ0v) is 17.0. The molecule has 2 aromatic rings. The van der Waals surface area contributed by atoms with Gasteiger partial charge in [0.05, 0.1) is 10.7 Å². The van der Waals surface area contributed by atoms with Crippen molar-refractivity contribution >= 4 is 62.1 Å². The molecule has 0 radical (unpaired) electrons. The van der Waals surface area contributed by atoms with Gasteiger partial charge in [-0.1, -0.05) is 46.9 Å². The van der Waals surface area contributed by atoms with Gasteiger partial charge in [-0.3, -0.25) is 4.99 Å². The van der Waals surface area contributed by atoms with E-state index < -0.39 is 15.3 Å². The molecule has 1 heterocycles. The number of benzene rings is 2. The van der Waals surface area contributed by atoms with Crippen LogP contribution in [0.1, 0.15) is 11.1 Å². The molecule has 26 heavy (non-hydrogen) atoms. The summed E-state index contributed by atoms with van der Waals surface area (Å²) in [7, 11) is -1.77. The van der Waals surface area contributed by atoms with Crippen LogP contribution in [0.5, 0.6) is 0 Å². The maximum absolute atomic E-state index is 12.2. The highest BCUT2D eigenvalue weighted by molar-refractivity contribution is 7.91. The molecule has 0 saturated carbocycles. The minimum absolute atomic E-state index is 0.424. The second-order valence-electron chi connectivity index (χ2n) is 5.94. The molecule has 1 aliphatic rings. The highest BCUT2D eigenvalue weighted by Gasteiger charge is 2.32. The average molecular weight is 430 g/mol. The van der Waals surface area contributed by atoms with Crippen molar-refractivity contribution in [3.8, 4) is 0 Å². The standard InChI is InChI=1S/C18H15Cl3N2O2S/c1-23-17(14-8-7-13(20)9-16(14)21)15(10-22-18(23)26(2,24)25)11-3-5-12(19)6-4-11/h3-10,18H,1-2H3. The van der Waals surface area contributed by atoms with E-state index in [1.807, 2.05) is 12.1 Å². The van der Waals surface area contributed by atoms with E-state index in [0.717, 1.165) is 17.4 Å². The van der Waals surface area contributed by atoms with Crippen molar-refractivity contribution in [2.45, 2.75) is 5.50 Å². The third kappa shape index (κ3) is 3.76. The Bertz CT molecular complexity index is 1020. The summed E-state index contributed by atoms with van der Waals surface area (Å²) in [4.78, 5) is 5.84. The Balaban J connectivity index is 2.26. The fourth-order valence-corrected chi connectivity index (χ4v) is 4.44. The molecule has 1 unspecified atom stereocenters. The third-order valence-corrected chi connectivity index (χ3v) is 6.00. The van der Waals surface area contributed by atoms with Gasteiger partial charge >= 0.3 is 0 Å². The number of sulfone groups is 1. The van der Waals surface area contributed by atoms with Crippen LogP contribution in [0.4, 0.5) is 0 Å². The molecule has 1 atom stereocenters. The summed E-state index contributed by atoms with van der Waals surface area (Å²) < 4.78 is 24.3. The molecule has 1 aliphatic heterocycles. The Kier molecular flexibility index (Phi) is 5.35. The van der Waals surface area contributed by atoms with Crippen LogP contribution in [-0.2, 0) is 9.84 Å². The quantitative estimate of drug-likeness (QED) is 0.700. The zero-order chi connectivity index (χ0) is 19.1. The lowest BCUT2D eigenvalue weighted by molar-refractivity contribution is 0.432. The molecular weight excluding hydrogens is 415 g/mol. The van der Waals surface area contributed by atoms with Crippen molar-refractivity contribution in [2.75, 3.05) is 13.3 Å². The minimum atomic E-state index is -3.45. The topological polar surface area (TPSA) is 49.7 Å². The van der Waals surface area contributed by atoms with Crippen LogP contribution in [0.15, 0.2) is 47.5 Å². The Morgan fingerprint density at radius 1 is 1.00 bits per heavy atom. The molecule has 0 N–H and O–H groups in total. The Morgan fingerprint density at radius 2 is 1.62 bits per heavy atom. The molecule has 8 heteroatoms. The number of allylic oxidation sites excluding steroid dienone is 1. The van der Waals surface area contributed by atoms with E-state index >= 15 is 0 Å². The van der Waals surface area contributed by atoms with Crippen molar-refractivity contribution in [1.82, 2.24) is 4.90 Å². The smallest absolute Gasteiger partial charge is 0.223 e. The van der Waals surface area contributed by atoms with Gasteiger partial charge in [-0.15, -0.1) is 0 Å². The molecule has 4 nitrogen and oxygen atoms in total. The fraction of sp³-hybridized carbons (Fsp3) is 0.167. The van der Waals surface area contributed by atoms with Gasteiger partial charge in [-0.25, -0.2) is 8.42 Å². The first-order valence-corrected chi connectivity index (χ1v) is 10.7. The summed E-state index contributed by atoms with van der Waals surface area (Å²) in [6, 6.07) is 12.3. The number of halogens is 3. The van der Waals surface area contributed by atoms with E-state index in [-0.39, 0.29) is 0 Å². The largest absolute Gasteiger partial charge is 0.339 e. The minimum Gasteiger partial charge on any atom is -0.339 e. The van der Waals surface area contributed by atoms with Crippen LogP contribution < -0.4 is 0 Å². The summed E-state index contributed by atoms with van der Waals surface area (Å²) >= 11 is 18.4. The summed E-state index contributed by atoms with van der Waals surface area (Å²) in [6.07, 6.45) is 2.72. The van der Waals surface area contributed by atoms with Gasteiger partial charge in [0.2, 0.25) is 5.50 Å². The van der Waals surface area contributed by atoms with Gasteiger partial charge in [0.25, 0.3) is 0 Å². The molecule has 0 aromatic heterocycles. The Labute approximate surface area is 167 Å². The van der Waals surface area contributed by atoms with E-state index in [1.54, 1.807) is 48.5 Å². The second-order valence-corrected chi connectivity index (χ2v) is 9.30. The molecule has 0 aliphatic carbocycles. The lowest BCUT2D eigenvalue weighted by Crippen LogP contribution is -2.38. The fourth-order valence-electron chi connectivity index (χ4n) is 2.85. The van der Waals surface area contributed by atoms with Crippen LogP contribution >= 0.6 is 34.8 Å². The number of aliphatic imine (C=N–C) groups is 1. The summed E-state index contributed by atoms with van der Waals surface area (Å²) in [5, 5.41) is 1.53. The lowest BCUT2D eigenvalue weighted by atomic mass is 9.98. The van der Waals surface area contributed by atoms with E-state index in [0.29, 0.717) is 26.3 Å². The molecule has 136 valence electrons. The van der Waals surface area contributed by atoms with Crippen LogP contribution in [-0.4, -0.2) is 38.3 Å². The van der Waals surface area contributed by atoms with Crippen molar-refractivity contribution in [2.24, 2.45) is 4.99 Å². The monoisotopic (exact) mass is 428 g/mol. The highest BCUT2D eigenvalue weighted by atomic mass is 35.5. The molecule has 0 fully saturated rings. The zero-order valence-electron chi connectivity index (χ0n) is 13.9. The third-order valence-electron chi connectivity index (χ3n) is 3.99. The molecule has 0 amide bonds. The molecule has 0 bridgehead atoms.